The molecule has 1 atom stereocenters. The molecule has 1 N–H and O–H groups in total. The first-order valence-electron chi connectivity index (χ1n) is 4.32. The lowest BCUT2D eigenvalue weighted by molar-refractivity contribution is 0.705. The van der Waals surface area contributed by atoms with E-state index >= 15 is 0 Å². The first-order valence-corrected chi connectivity index (χ1v) is 5.30. The second-order valence-electron chi connectivity index (χ2n) is 3.29. The lowest BCUT2D eigenvalue weighted by Crippen LogP contribution is -2.10. The summed E-state index contributed by atoms with van der Waals surface area (Å²) < 4.78 is 0. The van der Waals surface area contributed by atoms with Crippen LogP contribution >= 0.6 is 11.8 Å². The Bertz CT molecular complexity index is 245. The van der Waals surface area contributed by atoms with E-state index in [1.165, 1.54) is 16.3 Å². The molecule has 1 nitrogen and oxygen atoms in total. The van der Waals surface area contributed by atoms with Gasteiger partial charge in [0.2, 0.25) is 0 Å². The third-order valence-corrected chi connectivity index (χ3v) is 3.45. The number of nitrogens with one attached hydrogen (secondary N) is 1. The van der Waals surface area contributed by atoms with E-state index in [1.807, 2.05) is 11.8 Å². The molecule has 0 saturated heterocycles. The topological polar surface area (TPSA) is 12.0 Å². The van der Waals surface area contributed by atoms with Crippen molar-refractivity contribution in [3.05, 3.63) is 24.3 Å². The Hall–Kier alpha value is -0.630. The van der Waals surface area contributed by atoms with Crippen molar-refractivity contribution >= 4 is 17.4 Å². The number of benzene rings is 1. The molecule has 0 saturated carbocycles. The molecule has 0 aromatic heterocycles. The molecule has 1 aliphatic heterocycles. The van der Waals surface area contributed by atoms with Crippen LogP contribution in [0.3, 0.4) is 0 Å². The average molecular weight is 179 g/mol. The molecule has 64 valence electrons. The lowest BCUT2D eigenvalue weighted by atomic mass is 10.2. The molecule has 0 aliphatic carbocycles. The second kappa shape index (κ2) is 3.40. The van der Waals surface area contributed by atoms with Gasteiger partial charge in [-0.15, -0.1) is 11.8 Å². The zero-order valence-corrected chi connectivity index (χ0v) is 8.03. The fraction of sp³-hybridized carbons (Fsp3) is 0.400. The summed E-state index contributed by atoms with van der Waals surface area (Å²) in [7, 11) is 0. The van der Waals surface area contributed by atoms with Crippen LogP contribution in [0.4, 0.5) is 5.69 Å². The van der Waals surface area contributed by atoms with Gasteiger partial charge < -0.3 is 5.32 Å². The Morgan fingerprint density at radius 2 is 2.25 bits per heavy atom. The number of anilines is 1. The van der Waals surface area contributed by atoms with E-state index in [0.29, 0.717) is 0 Å². The molecule has 0 spiro atoms. The molecule has 0 amide bonds. The van der Waals surface area contributed by atoms with E-state index in [-0.39, 0.29) is 0 Å². The maximum Gasteiger partial charge on any atom is 0.0478 e. The van der Waals surface area contributed by atoms with Crippen LogP contribution in [0.15, 0.2) is 29.2 Å². The third-order valence-electron chi connectivity index (χ3n) is 2.05. The molecule has 1 aromatic rings. The van der Waals surface area contributed by atoms with E-state index in [2.05, 4.69) is 36.5 Å². The summed E-state index contributed by atoms with van der Waals surface area (Å²) in [6, 6.07) is 8.53. The summed E-state index contributed by atoms with van der Waals surface area (Å²) in [6.45, 7) is 3.38. The zero-order valence-electron chi connectivity index (χ0n) is 7.21. The van der Waals surface area contributed by atoms with Gasteiger partial charge in [-0.3, -0.25) is 0 Å². The van der Waals surface area contributed by atoms with E-state index < -0.39 is 0 Å². The fourth-order valence-electron chi connectivity index (χ4n) is 1.31. The molecular formula is C10H13NS. The van der Waals surface area contributed by atoms with Gasteiger partial charge in [0.05, 0.1) is 0 Å². The smallest absolute Gasteiger partial charge is 0.0478 e. The highest BCUT2D eigenvalue weighted by Crippen LogP contribution is 2.31. The minimum Gasteiger partial charge on any atom is -0.384 e. The number of fused-ring (bicyclic) bond motifs is 1. The zero-order chi connectivity index (χ0) is 8.39. The summed E-state index contributed by atoms with van der Waals surface area (Å²) >= 11 is 1.96. The van der Waals surface area contributed by atoms with E-state index in [9.17, 15) is 0 Å². The Balaban J connectivity index is 2.26. The van der Waals surface area contributed by atoms with Gasteiger partial charge in [-0.05, 0) is 18.1 Å². The molecule has 2 rings (SSSR count). The fourth-order valence-corrected chi connectivity index (χ4v) is 2.37. The van der Waals surface area contributed by atoms with Crippen molar-refractivity contribution in [3.63, 3.8) is 0 Å². The molecule has 1 heterocycles. The van der Waals surface area contributed by atoms with Gasteiger partial charge in [-0.25, -0.2) is 0 Å². The van der Waals surface area contributed by atoms with Crippen molar-refractivity contribution in [2.24, 2.45) is 5.92 Å². The van der Waals surface area contributed by atoms with Crippen LogP contribution < -0.4 is 5.32 Å². The van der Waals surface area contributed by atoms with Crippen molar-refractivity contribution in [3.8, 4) is 0 Å². The van der Waals surface area contributed by atoms with Crippen LogP contribution in [0.2, 0.25) is 0 Å². The lowest BCUT2D eigenvalue weighted by Gasteiger charge is -2.06. The van der Waals surface area contributed by atoms with Gasteiger partial charge in [0.25, 0.3) is 0 Å². The van der Waals surface area contributed by atoms with Gasteiger partial charge in [-0.2, -0.15) is 0 Å². The predicted molar refractivity (Wildman–Crippen MR) is 54.8 cm³/mol. The molecule has 1 aromatic carbocycles. The maximum atomic E-state index is 3.45. The standard InChI is InChI=1S/C10H13NS/c1-8-6-11-9-4-2-3-5-10(9)12-7-8/h2-5,8,11H,6-7H2,1H3/t8-/m1/s1. The van der Waals surface area contributed by atoms with E-state index in [1.54, 1.807) is 0 Å². The van der Waals surface area contributed by atoms with Gasteiger partial charge in [0.1, 0.15) is 0 Å². The van der Waals surface area contributed by atoms with Gasteiger partial charge >= 0.3 is 0 Å². The molecule has 2 heteroatoms. The van der Waals surface area contributed by atoms with Crippen LogP contribution in [0, 0.1) is 5.92 Å². The Labute approximate surface area is 77.6 Å². The van der Waals surface area contributed by atoms with Crippen molar-refractivity contribution in [2.45, 2.75) is 11.8 Å². The largest absolute Gasteiger partial charge is 0.384 e. The average Bonchev–Trinajstić information content (AvgIpc) is 2.29. The maximum absolute atomic E-state index is 3.45. The summed E-state index contributed by atoms with van der Waals surface area (Å²) in [6.07, 6.45) is 0. The van der Waals surface area contributed by atoms with Gasteiger partial charge in [0.15, 0.2) is 0 Å². The Kier molecular flexibility index (Phi) is 2.26. The first-order chi connectivity index (χ1) is 5.86. The summed E-state index contributed by atoms with van der Waals surface area (Å²) in [5.74, 6) is 1.99. The minimum absolute atomic E-state index is 0.766. The number of para-hydroxylation sites is 1. The van der Waals surface area contributed by atoms with Crippen molar-refractivity contribution in [1.29, 1.82) is 0 Å². The first kappa shape index (κ1) is 7.99. The van der Waals surface area contributed by atoms with E-state index in [0.717, 1.165) is 12.5 Å². The molecule has 0 unspecified atom stereocenters. The third kappa shape index (κ3) is 1.58. The Morgan fingerprint density at radius 3 is 3.17 bits per heavy atom. The molecule has 12 heavy (non-hydrogen) atoms. The van der Waals surface area contributed by atoms with Crippen LogP contribution in [0.25, 0.3) is 0 Å². The quantitative estimate of drug-likeness (QED) is 0.657. The molecule has 0 fully saturated rings. The van der Waals surface area contributed by atoms with Crippen LogP contribution in [-0.2, 0) is 0 Å². The van der Waals surface area contributed by atoms with Gasteiger partial charge in [-0.1, -0.05) is 19.1 Å². The molecular weight excluding hydrogens is 166 g/mol. The van der Waals surface area contributed by atoms with Crippen molar-refractivity contribution in [1.82, 2.24) is 0 Å². The molecule has 0 radical (unpaired) electrons. The van der Waals surface area contributed by atoms with Crippen molar-refractivity contribution < 1.29 is 0 Å². The molecule has 1 aliphatic rings. The number of thioether (sulfide) groups is 1. The van der Waals surface area contributed by atoms with Crippen molar-refractivity contribution in [2.75, 3.05) is 17.6 Å². The number of rotatable bonds is 0. The second-order valence-corrected chi connectivity index (χ2v) is 4.36. The monoisotopic (exact) mass is 179 g/mol. The molecule has 0 bridgehead atoms. The summed E-state index contributed by atoms with van der Waals surface area (Å²) in [4.78, 5) is 1.39. The normalized spacial score (nSPS) is 22.2. The summed E-state index contributed by atoms with van der Waals surface area (Å²) in [5.41, 5.74) is 1.30. The summed E-state index contributed by atoms with van der Waals surface area (Å²) in [5, 5.41) is 3.45. The number of hydrogen-bond acceptors (Lipinski definition) is 2. The van der Waals surface area contributed by atoms with Crippen LogP contribution in [-0.4, -0.2) is 12.3 Å². The van der Waals surface area contributed by atoms with Crippen LogP contribution in [0.1, 0.15) is 6.92 Å². The minimum atomic E-state index is 0.766. The van der Waals surface area contributed by atoms with E-state index in [4.69, 9.17) is 0 Å². The predicted octanol–water partition coefficient (Wildman–Crippen LogP) is 2.84. The highest BCUT2D eigenvalue weighted by atomic mass is 32.2. The SMILES string of the molecule is C[C@@H]1CNc2ccccc2SC1. The van der Waals surface area contributed by atoms with Crippen LogP contribution in [0.5, 0.6) is 0 Å². The number of hydrogen-bond donors (Lipinski definition) is 1. The Morgan fingerprint density at radius 1 is 1.42 bits per heavy atom. The highest BCUT2D eigenvalue weighted by molar-refractivity contribution is 7.99. The highest BCUT2D eigenvalue weighted by Gasteiger charge is 2.10. The van der Waals surface area contributed by atoms with Gasteiger partial charge in [0, 0.05) is 22.9 Å².